The Kier molecular flexibility index (Phi) is 7.24. The van der Waals surface area contributed by atoms with Gasteiger partial charge in [0.1, 0.15) is 0 Å². The molecule has 0 aliphatic heterocycles. The van der Waals surface area contributed by atoms with Crippen LogP contribution in [0.3, 0.4) is 0 Å². The molecule has 0 amide bonds. The van der Waals surface area contributed by atoms with E-state index in [0.29, 0.717) is 0 Å². The summed E-state index contributed by atoms with van der Waals surface area (Å²) in [5.41, 5.74) is 10.4. The lowest BCUT2D eigenvalue weighted by Crippen LogP contribution is -2.15. The quantitative estimate of drug-likeness (QED) is 0.120. The van der Waals surface area contributed by atoms with Crippen molar-refractivity contribution in [3.63, 3.8) is 0 Å². The van der Waals surface area contributed by atoms with Crippen LogP contribution in [-0.4, -0.2) is 0 Å². The summed E-state index contributed by atoms with van der Waals surface area (Å²) < 4.78 is 0. The zero-order chi connectivity index (χ0) is 45.3. The molecule has 1 aliphatic carbocycles. The Balaban J connectivity index is 0.910. The van der Waals surface area contributed by atoms with Gasteiger partial charge in [-0.3, -0.25) is 0 Å². The first-order chi connectivity index (χ1) is 34.0. The molecule has 0 N–H and O–H groups in total. The van der Waals surface area contributed by atoms with Crippen LogP contribution in [0, 0.1) is 0 Å². The predicted octanol–water partition coefficient (Wildman–Crippen LogP) is 19.4. The van der Waals surface area contributed by atoms with Crippen LogP contribution in [0.2, 0.25) is 0 Å². The van der Waals surface area contributed by atoms with E-state index in [0.717, 1.165) is 0 Å². The van der Waals surface area contributed by atoms with Crippen molar-refractivity contribution in [2.24, 2.45) is 0 Å². The summed E-state index contributed by atoms with van der Waals surface area (Å²) >= 11 is 0. The van der Waals surface area contributed by atoms with Crippen molar-refractivity contribution in [3.05, 3.63) is 230 Å². The normalized spacial score (nSPS) is 13.5. The molecule has 0 heteroatoms. The van der Waals surface area contributed by atoms with Crippen LogP contribution in [0.1, 0.15) is 25.0 Å². The summed E-state index contributed by atoms with van der Waals surface area (Å²) in [4.78, 5) is 0. The minimum Gasteiger partial charge on any atom is -0.0616 e. The fourth-order valence-electron chi connectivity index (χ4n) is 13.3. The lowest BCUT2D eigenvalue weighted by Gasteiger charge is -2.23. The third-order valence-electron chi connectivity index (χ3n) is 16.5. The second-order valence-electron chi connectivity index (χ2n) is 20.3. The smallest absolute Gasteiger partial charge is 0.0159 e. The standard InChI is InChI=1S/C69H42/c1-69(2)64-37-60-53-29-26-44(46-28-24-41-23-22-39-14-11-15-40-25-31-55(46)68(41)66(39)40)33-56(53)49-18-7-9-20-51(49)58(60)35-62(64)63-36-59-52-21-10-8-19-50(52)57-34-45(27-30-54(57)61(59)38-65(63)69)67-47-16-5-3-12-42(47)32-43-13-4-6-17-48(43)67/h3-38H,1-2H3. The number of rotatable bonds is 2. The maximum atomic E-state index is 2.55. The van der Waals surface area contributed by atoms with E-state index in [1.165, 1.54) is 163 Å². The molecule has 15 aromatic carbocycles. The summed E-state index contributed by atoms with van der Waals surface area (Å²) in [5, 5.41) is 28.7. The molecule has 69 heavy (non-hydrogen) atoms. The van der Waals surface area contributed by atoms with Gasteiger partial charge in [0, 0.05) is 5.41 Å². The summed E-state index contributed by atoms with van der Waals surface area (Å²) in [6, 6.07) is 83.3. The molecule has 0 unspecified atom stereocenters. The molecule has 15 aromatic rings. The van der Waals surface area contributed by atoms with Gasteiger partial charge in [-0.2, -0.15) is 0 Å². The highest BCUT2D eigenvalue weighted by molar-refractivity contribution is 6.30. The van der Waals surface area contributed by atoms with Gasteiger partial charge in [-0.25, -0.2) is 0 Å². The van der Waals surface area contributed by atoms with E-state index in [9.17, 15) is 0 Å². The molecule has 16 rings (SSSR count). The fourth-order valence-corrected chi connectivity index (χ4v) is 13.3. The summed E-state index contributed by atoms with van der Waals surface area (Å²) in [7, 11) is 0. The number of hydrogen-bond donors (Lipinski definition) is 0. The van der Waals surface area contributed by atoms with E-state index < -0.39 is 0 Å². The van der Waals surface area contributed by atoms with Crippen LogP contribution >= 0.6 is 0 Å². The van der Waals surface area contributed by atoms with Crippen molar-refractivity contribution in [1.29, 1.82) is 0 Å². The van der Waals surface area contributed by atoms with Gasteiger partial charge in [-0.1, -0.05) is 190 Å². The minimum absolute atomic E-state index is 0.216. The van der Waals surface area contributed by atoms with Crippen molar-refractivity contribution in [2.75, 3.05) is 0 Å². The van der Waals surface area contributed by atoms with Crippen LogP contribution in [-0.2, 0) is 5.41 Å². The van der Waals surface area contributed by atoms with Crippen molar-refractivity contribution < 1.29 is 0 Å². The first-order valence-corrected chi connectivity index (χ1v) is 24.4. The van der Waals surface area contributed by atoms with Crippen molar-refractivity contribution in [3.8, 4) is 33.4 Å². The SMILES string of the molecule is CC1(C)c2cc3c4ccc(-c5c6ccccc6cc6ccccc56)cc4c4ccccc4c3cc2-c2cc3c4ccccc4c4cc(-c5ccc6ccc7cccc8ccc5c6c78)ccc4c3cc21. The average molecular weight is 871 g/mol. The maximum Gasteiger partial charge on any atom is 0.0159 e. The topological polar surface area (TPSA) is 0 Å². The molecule has 0 saturated heterocycles. The number of fused-ring (bicyclic) bond motifs is 17. The monoisotopic (exact) mass is 870 g/mol. The molecule has 1 aliphatic rings. The first-order valence-electron chi connectivity index (χ1n) is 24.4. The van der Waals surface area contributed by atoms with Gasteiger partial charge in [0.15, 0.2) is 0 Å². The minimum atomic E-state index is -0.216. The zero-order valence-corrected chi connectivity index (χ0v) is 38.3. The fraction of sp³-hybridized carbons (Fsp3) is 0.0435. The number of hydrogen-bond acceptors (Lipinski definition) is 0. The van der Waals surface area contributed by atoms with Crippen LogP contribution in [0.5, 0.6) is 0 Å². The molecule has 318 valence electrons. The van der Waals surface area contributed by atoms with Gasteiger partial charge in [0.2, 0.25) is 0 Å². The lowest BCUT2D eigenvalue weighted by atomic mass is 9.80. The highest BCUT2D eigenvalue weighted by Gasteiger charge is 2.37. The van der Waals surface area contributed by atoms with E-state index >= 15 is 0 Å². The van der Waals surface area contributed by atoms with Crippen molar-refractivity contribution in [2.45, 2.75) is 19.3 Å². The molecule has 0 saturated carbocycles. The summed E-state index contributed by atoms with van der Waals surface area (Å²) in [6.45, 7) is 4.88. The van der Waals surface area contributed by atoms with E-state index in [1.807, 2.05) is 0 Å². The first kappa shape index (κ1) is 37.5. The van der Waals surface area contributed by atoms with Gasteiger partial charge in [0.25, 0.3) is 0 Å². The molecule has 0 spiro atoms. The van der Waals surface area contributed by atoms with Crippen molar-refractivity contribution >= 4 is 118 Å². The lowest BCUT2D eigenvalue weighted by molar-refractivity contribution is 0.662. The molecule has 0 heterocycles. The molecule has 0 nitrogen and oxygen atoms in total. The van der Waals surface area contributed by atoms with Crippen LogP contribution in [0.4, 0.5) is 0 Å². The molecule has 0 fully saturated rings. The third-order valence-corrected chi connectivity index (χ3v) is 16.5. The van der Waals surface area contributed by atoms with Gasteiger partial charge in [-0.15, -0.1) is 0 Å². The van der Waals surface area contributed by atoms with E-state index in [1.54, 1.807) is 0 Å². The predicted molar refractivity (Wildman–Crippen MR) is 299 cm³/mol. The molecule has 0 radical (unpaired) electrons. The second kappa shape index (κ2) is 13.3. The Hall–Kier alpha value is -8.58. The Morgan fingerprint density at radius 3 is 1.19 bits per heavy atom. The average Bonchev–Trinajstić information content (AvgIpc) is 3.62. The molecule has 0 bridgehead atoms. The van der Waals surface area contributed by atoms with E-state index in [4.69, 9.17) is 0 Å². The largest absolute Gasteiger partial charge is 0.0616 e. The van der Waals surface area contributed by atoms with E-state index in [-0.39, 0.29) is 5.41 Å². The van der Waals surface area contributed by atoms with Gasteiger partial charge < -0.3 is 0 Å². The number of benzene rings is 15. The van der Waals surface area contributed by atoms with Gasteiger partial charge in [0.05, 0.1) is 0 Å². The molecular weight excluding hydrogens is 829 g/mol. The highest BCUT2D eigenvalue weighted by Crippen LogP contribution is 2.54. The molecule has 0 atom stereocenters. The summed E-state index contributed by atoms with van der Waals surface area (Å²) in [5.74, 6) is 0. The molecule has 0 aromatic heterocycles. The van der Waals surface area contributed by atoms with Crippen LogP contribution in [0.25, 0.3) is 152 Å². The Bertz CT molecular complexity index is 4720. The van der Waals surface area contributed by atoms with Crippen LogP contribution < -0.4 is 0 Å². The second-order valence-corrected chi connectivity index (χ2v) is 20.3. The Labute approximate surface area is 398 Å². The van der Waals surface area contributed by atoms with Gasteiger partial charge >= 0.3 is 0 Å². The third kappa shape index (κ3) is 4.98. The highest BCUT2D eigenvalue weighted by atomic mass is 14.4. The Morgan fingerprint density at radius 2 is 0.623 bits per heavy atom. The van der Waals surface area contributed by atoms with Crippen molar-refractivity contribution in [1.82, 2.24) is 0 Å². The zero-order valence-electron chi connectivity index (χ0n) is 38.3. The van der Waals surface area contributed by atoms with Gasteiger partial charge in [-0.05, 0) is 205 Å². The Morgan fingerprint density at radius 1 is 0.232 bits per heavy atom. The van der Waals surface area contributed by atoms with Crippen LogP contribution in [0.15, 0.2) is 218 Å². The summed E-state index contributed by atoms with van der Waals surface area (Å²) in [6.07, 6.45) is 0. The van der Waals surface area contributed by atoms with E-state index in [2.05, 4.69) is 232 Å². The maximum absolute atomic E-state index is 2.55. The molecular formula is C69H42.